The molecule has 0 unspecified atom stereocenters. The number of fused-ring (bicyclic) bond motifs is 1. The summed E-state index contributed by atoms with van der Waals surface area (Å²) in [6.45, 7) is 1.94. The van der Waals surface area contributed by atoms with Gasteiger partial charge in [-0.1, -0.05) is 36.4 Å². The lowest BCUT2D eigenvalue weighted by Gasteiger charge is -1.98. The van der Waals surface area contributed by atoms with E-state index >= 15 is 0 Å². The second-order valence-corrected chi connectivity index (χ2v) is 5.51. The van der Waals surface area contributed by atoms with Crippen LogP contribution in [-0.4, -0.2) is 14.3 Å². The molecule has 0 radical (unpaired) electrons. The highest BCUT2D eigenvalue weighted by molar-refractivity contribution is 5.68. The predicted molar refractivity (Wildman–Crippen MR) is 91.2 cm³/mol. The average Bonchev–Trinajstić information content (AvgIpc) is 3.06. The number of allylic oxidation sites excluding steroid dienone is 1. The van der Waals surface area contributed by atoms with Crippen LogP contribution in [-0.2, 0) is 0 Å². The van der Waals surface area contributed by atoms with E-state index in [-0.39, 0.29) is 0 Å². The Labute approximate surface area is 136 Å². The molecule has 0 atom stereocenters. The van der Waals surface area contributed by atoms with Gasteiger partial charge in [0.25, 0.3) is 0 Å². The zero-order valence-electron chi connectivity index (χ0n) is 12.9. The molecule has 118 valence electrons. The van der Waals surface area contributed by atoms with E-state index in [1.807, 2.05) is 37.3 Å². The van der Waals surface area contributed by atoms with Crippen LogP contribution in [0.5, 0.6) is 0 Å². The first-order chi connectivity index (χ1) is 11.6. The summed E-state index contributed by atoms with van der Waals surface area (Å²) in [5.41, 5.74) is 1.19. The van der Waals surface area contributed by atoms with Crippen molar-refractivity contribution in [3.8, 4) is 5.69 Å². The van der Waals surface area contributed by atoms with Gasteiger partial charge in [0.2, 0.25) is 0 Å². The van der Waals surface area contributed by atoms with Crippen LogP contribution in [0.4, 0.5) is 0 Å². The Kier molecular flexibility index (Phi) is 3.16. The third kappa shape index (κ3) is 2.16. The average molecular weight is 318 g/mol. The summed E-state index contributed by atoms with van der Waals surface area (Å²) in [5.74, 6) is 0. The zero-order chi connectivity index (χ0) is 16.7. The van der Waals surface area contributed by atoms with Crippen LogP contribution in [0.1, 0.15) is 6.92 Å². The second kappa shape index (κ2) is 5.34. The number of aromatic amines is 1. The van der Waals surface area contributed by atoms with Gasteiger partial charge >= 0.3 is 11.4 Å². The first-order valence-electron chi connectivity index (χ1n) is 7.51. The van der Waals surface area contributed by atoms with Crippen molar-refractivity contribution in [1.82, 2.24) is 14.3 Å². The summed E-state index contributed by atoms with van der Waals surface area (Å²) in [6, 6.07) is 16.6. The van der Waals surface area contributed by atoms with E-state index in [2.05, 4.69) is 10.1 Å². The maximum atomic E-state index is 12.6. The van der Waals surface area contributed by atoms with Crippen molar-refractivity contribution in [2.24, 2.45) is 4.99 Å². The number of nitrogens with one attached hydrogen (secondary N) is 1. The predicted octanol–water partition coefficient (Wildman–Crippen LogP) is 0.630. The van der Waals surface area contributed by atoms with Crippen molar-refractivity contribution in [2.75, 3.05) is 0 Å². The van der Waals surface area contributed by atoms with Crippen molar-refractivity contribution in [3.63, 3.8) is 0 Å². The molecule has 0 spiro atoms. The second-order valence-electron chi connectivity index (χ2n) is 5.51. The van der Waals surface area contributed by atoms with Gasteiger partial charge in [-0.2, -0.15) is 0 Å². The molecule has 1 aliphatic heterocycles. The van der Waals surface area contributed by atoms with Crippen LogP contribution >= 0.6 is 0 Å². The topological polar surface area (TPSA) is 72.2 Å². The Morgan fingerprint density at radius 1 is 1.00 bits per heavy atom. The molecular formula is C18H14N4O2. The third-order valence-electron chi connectivity index (χ3n) is 4.02. The van der Waals surface area contributed by atoms with E-state index in [1.165, 1.54) is 4.68 Å². The lowest BCUT2D eigenvalue weighted by molar-refractivity contribution is 0.870. The minimum atomic E-state index is -0.490. The SMILES string of the molecule is CC1=c2ccccc2=N/C1=C\n1[nH]c(=O)n(-c2ccccc2)c1=O. The van der Waals surface area contributed by atoms with Gasteiger partial charge in [0, 0.05) is 5.22 Å². The standard InChI is InChI=1S/C18H14N4O2/c1-12-14-9-5-6-10-15(14)19-16(12)11-21-18(24)22(17(23)20-21)13-7-3-2-4-8-13/h2-11H,1H3,(H,20,23)/b16-11-. The van der Waals surface area contributed by atoms with Gasteiger partial charge in [-0.05, 0) is 30.7 Å². The van der Waals surface area contributed by atoms with E-state index < -0.39 is 11.4 Å². The number of hydrogen-bond acceptors (Lipinski definition) is 3. The van der Waals surface area contributed by atoms with Crippen molar-refractivity contribution < 1.29 is 0 Å². The molecule has 1 N–H and O–H groups in total. The monoisotopic (exact) mass is 318 g/mol. The normalized spacial score (nSPS) is 14.7. The maximum absolute atomic E-state index is 12.6. The van der Waals surface area contributed by atoms with Crippen LogP contribution < -0.4 is 22.0 Å². The minimum absolute atomic E-state index is 0.461. The van der Waals surface area contributed by atoms with Crippen LogP contribution in [0, 0.1) is 0 Å². The van der Waals surface area contributed by atoms with Gasteiger partial charge < -0.3 is 0 Å². The number of benzene rings is 2. The molecule has 4 rings (SSSR count). The first kappa shape index (κ1) is 14.2. The van der Waals surface area contributed by atoms with Gasteiger partial charge in [0.05, 0.1) is 22.9 Å². The molecule has 2 heterocycles. The molecule has 0 aliphatic carbocycles. The van der Waals surface area contributed by atoms with Gasteiger partial charge in [-0.15, -0.1) is 0 Å². The summed E-state index contributed by atoms with van der Waals surface area (Å²) in [7, 11) is 0. The Balaban J connectivity index is 1.88. The molecule has 24 heavy (non-hydrogen) atoms. The van der Waals surface area contributed by atoms with E-state index in [9.17, 15) is 9.59 Å². The molecule has 0 amide bonds. The Bertz CT molecular complexity index is 1190. The number of aromatic nitrogens is 3. The highest BCUT2D eigenvalue weighted by Crippen LogP contribution is 2.12. The molecule has 1 aliphatic rings. The van der Waals surface area contributed by atoms with Crippen molar-refractivity contribution in [3.05, 3.63) is 91.8 Å². The van der Waals surface area contributed by atoms with E-state index in [1.54, 1.807) is 30.5 Å². The quantitative estimate of drug-likeness (QED) is 0.753. The Morgan fingerprint density at radius 2 is 1.71 bits per heavy atom. The molecule has 3 aromatic rings. The smallest absolute Gasteiger partial charge is 0.246 e. The molecule has 1 aromatic heterocycles. The molecule has 6 heteroatoms. The minimum Gasteiger partial charge on any atom is -0.246 e. The largest absolute Gasteiger partial charge is 0.355 e. The van der Waals surface area contributed by atoms with E-state index in [0.29, 0.717) is 11.4 Å². The summed E-state index contributed by atoms with van der Waals surface area (Å²) in [4.78, 5) is 29.2. The number of rotatable bonds is 2. The highest BCUT2D eigenvalue weighted by Gasteiger charge is 2.12. The van der Waals surface area contributed by atoms with Gasteiger partial charge in [0.1, 0.15) is 0 Å². The number of para-hydroxylation sites is 2. The molecule has 0 saturated heterocycles. The summed E-state index contributed by atoms with van der Waals surface area (Å²) in [6.07, 6.45) is 1.55. The summed E-state index contributed by atoms with van der Waals surface area (Å²) < 4.78 is 2.26. The van der Waals surface area contributed by atoms with Crippen molar-refractivity contribution in [2.45, 2.75) is 6.92 Å². The van der Waals surface area contributed by atoms with Gasteiger partial charge in [-0.3, -0.25) is 0 Å². The maximum Gasteiger partial charge on any atom is 0.355 e. The van der Waals surface area contributed by atoms with Crippen LogP contribution in [0.3, 0.4) is 0 Å². The lowest BCUT2D eigenvalue weighted by Crippen LogP contribution is -2.26. The van der Waals surface area contributed by atoms with Gasteiger partial charge in [0.15, 0.2) is 0 Å². The molecule has 0 saturated carbocycles. The number of nitrogens with zero attached hydrogens (tertiary/aromatic N) is 3. The third-order valence-corrected chi connectivity index (χ3v) is 4.02. The molecule has 2 aromatic carbocycles. The van der Waals surface area contributed by atoms with E-state index in [0.717, 1.165) is 20.7 Å². The van der Waals surface area contributed by atoms with Crippen LogP contribution in [0.25, 0.3) is 17.5 Å². The molecule has 0 fully saturated rings. The number of H-pyrrole nitrogens is 1. The van der Waals surface area contributed by atoms with Crippen molar-refractivity contribution >= 4 is 11.8 Å². The summed E-state index contributed by atoms with van der Waals surface area (Å²) >= 11 is 0. The number of hydrogen-bond donors (Lipinski definition) is 1. The summed E-state index contributed by atoms with van der Waals surface area (Å²) in [5, 5.41) is 4.44. The Morgan fingerprint density at radius 3 is 2.46 bits per heavy atom. The highest BCUT2D eigenvalue weighted by atomic mass is 16.2. The van der Waals surface area contributed by atoms with Crippen molar-refractivity contribution in [1.29, 1.82) is 0 Å². The fourth-order valence-electron chi connectivity index (χ4n) is 2.78. The van der Waals surface area contributed by atoms with Crippen LogP contribution in [0.15, 0.2) is 74.9 Å². The van der Waals surface area contributed by atoms with Crippen LogP contribution in [0.2, 0.25) is 0 Å². The molecule has 0 bridgehead atoms. The molecule has 6 nitrogen and oxygen atoms in total. The first-order valence-corrected chi connectivity index (χ1v) is 7.51. The zero-order valence-corrected chi connectivity index (χ0v) is 12.9. The fourth-order valence-corrected chi connectivity index (χ4v) is 2.78. The van der Waals surface area contributed by atoms with Gasteiger partial charge in [-0.25, -0.2) is 28.9 Å². The fraction of sp³-hybridized carbons (Fsp3) is 0.0556. The van der Waals surface area contributed by atoms with E-state index in [4.69, 9.17) is 0 Å². The lowest BCUT2D eigenvalue weighted by atomic mass is 10.2. The molecular weight excluding hydrogens is 304 g/mol. The Hall–Kier alpha value is -3.41.